The van der Waals surface area contributed by atoms with Crippen LogP contribution in [0.5, 0.6) is 0 Å². The van der Waals surface area contributed by atoms with Crippen molar-refractivity contribution in [2.24, 2.45) is 12.0 Å². The van der Waals surface area contributed by atoms with Crippen LogP contribution in [0.2, 0.25) is 0 Å². The Hall–Kier alpha value is -2.84. The van der Waals surface area contributed by atoms with Gasteiger partial charge in [-0.3, -0.25) is 9.48 Å². The minimum atomic E-state index is 0.0329. The predicted molar refractivity (Wildman–Crippen MR) is 112 cm³/mol. The summed E-state index contributed by atoms with van der Waals surface area (Å²) in [4.78, 5) is 21.1. The van der Waals surface area contributed by atoms with Crippen LogP contribution in [0, 0.1) is 0 Å². The SMILES string of the molecule is CCNC(=NCc1cc(C(CC)CC)no1)N1CCN(c2cnn(C)c2)C(=O)C1. The summed E-state index contributed by atoms with van der Waals surface area (Å²) in [5.74, 6) is 1.91. The smallest absolute Gasteiger partial charge is 0.246 e. The quantitative estimate of drug-likeness (QED) is 0.564. The normalized spacial score (nSPS) is 15.5. The highest BCUT2D eigenvalue weighted by Crippen LogP contribution is 2.22. The van der Waals surface area contributed by atoms with E-state index < -0.39 is 0 Å². The Bertz CT molecular complexity index is 838. The number of aromatic nitrogens is 3. The molecule has 0 aliphatic carbocycles. The van der Waals surface area contributed by atoms with Gasteiger partial charge < -0.3 is 19.6 Å². The van der Waals surface area contributed by atoms with Crippen molar-refractivity contribution in [3.8, 4) is 0 Å². The van der Waals surface area contributed by atoms with E-state index in [-0.39, 0.29) is 12.5 Å². The molecular weight excluding hydrogens is 370 g/mol. The fraction of sp³-hybridized carbons (Fsp3) is 0.600. The van der Waals surface area contributed by atoms with Gasteiger partial charge in [-0.1, -0.05) is 19.0 Å². The predicted octanol–water partition coefficient (Wildman–Crippen LogP) is 2.13. The second kappa shape index (κ2) is 9.58. The maximum atomic E-state index is 12.7. The zero-order valence-electron chi connectivity index (χ0n) is 17.8. The molecule has 1 aliphatic heterocycles. The topological polar surface area (TPSA) is 91.8 Å². The highest BCUT2D eigenvalue weighted by atomic mass is 16.5. The number of piperazine rings is 1. The molecular formula is C20H31N7O2. The van der Waals surface area contributed by atoms with Crippen LogP contribution in [-0.4, -0.2) is 57.9 Å². The molecule has 0 atom stereocenters. The molecule has 0 saturated carbocycles. The summed E-state index contributed by atoms with van der Waals surface area (Å²) in [7, 11) is 1.85. The van der Waals surface area contributed by atoms with E-state index in [9.17, 15) is 4.79 Å². The van der Waals surface area contributed by atoms with Crippen molar-refractivity contribution in [2.75, 3.05) is 31.1 Å². The zero-order valence-corrected chi connectivity index (χ0v) is 17.8. The third kappa shape index (κ3) is 4.96. The number of amides is 1. The largest absolute Gasteiger partial charge is 0.359 e. The van der Waals surface area contributed by atoms with E-state index in [4.69, 9.17) is 4.52 Å². The minimum Gasteiger partial charge on any atom is -0.359 e. The lowest BCUT2D eigenvalue weighted by Crippen LogP contribution is -2.55. The highest BCUT2D eigenvalue weighted by molar-refractivity contribution is 5.98. The molecule has 1 fully saturated rings. The van der Waals surface area contributed by atoms with Crippen molar-refractivity contribution < 1.29 is 9.32 Å². The monoisotopic (exact) mass is 401 g/mol. The molecule has 1 saturated heterocycles. The van der Waals surface area contributed by atoms with Crippen molar-refractivity contribution in [3.05, 3.63) is 29.9 Å². The first kappa shape index (κ1) is 20.9. The number of aryl methyl sites for hydroxylation is 1. The summed E-state index contributed by atoms with van der Waals surface area (Å²) < 4.78 is 7.18. The van der Waals surface area contributed by atoms with Crippen molar-refractivity contribution in [1.29, 1.82) is 0 Å². The Labute approximate surface area is 171 Å². The number of rotatable bonds is 7. The molecule has 9 heteroatoms. The average molecular weight is 402 g/mol. The first-order chi connectivity index (χ1) is 14.0. The van der Waals surface area contributed by atoms with Gasteiger partial charge in [0.15, 0.2) is 11.7 Å². The fourth-order valence-electron chi connectivity index (χ4n) is 3.56. The molecule has 3 rings (SSSR count). The second-order valence-electron chi connectivity index (χ2n) is 7.24. The molecule has 1 aliphatic rings. The number of anilines is 1. The summed E-state index contributed by atoms with van der Waals surface area (Å²) in [6.07, 6.45) is 5.65. The minimum absolute atomic E-state index is 0.0329. The summed E-state index contributed by atoms with van der Waals surface area (Å²) in [6, 6.07) is 2.00. The zero-order chi connectivity index (χ0) is 20.8. The first-order valence-corrected chi connectivity index (χ1v) is 10.3. The second-order valence-corrected chi connectivity index (χ2v) is 7.24. The Kier molecular flexibility index (Phi) is 6.90. The number of hydrogen-bond donors (Lipinski definition) is 1. The maximum absolute atomic E-state index is 12.7. The number of hydrogen-bond acceptors (Lipinski definition) is 5. The van der Waals surface area contributed by atoms with Crippen LogP contribution in [0.1, 0.15) is 51.0 Å². The highest BCUT2D eigenvalue weighted by Gasteiger charge is 2.27. The molecule has 0 aromatic carbocycles. The van der Waals surface area contributed by atoms with Gasteiger partial charge in [-0.25, -0.2) is 4.99 Å². The van der Waals surface area contributed by atoms with E-state index in [0.29, 0.717) is 31.5 Å². The first-order valence-electron chi connectivity index (χ1n) is 10.3. The van der Waals surface area contributed by atoms with E-state index in [2.05, 4.69) is 34.4 Å². The lowest BCUT2D eigenvalue weighted by molar-refractivity contribution is -0.120. The summed E-state index contributed by atoms with van der Waals surface area (Å²) in [5, 5.41) is 11.6. The van der Waals surface area contributed by atoms with Gasteiger partial charge in [0.2, 0.25) is 5.91 Å². The summed E-state index contributed by atoms with van der Waals surface area (Å²) >= 11 is 0. The molecule has 29 heavy (non-hydrogen) atoms. The van der Waals surface area contributed by atoms with Gasteiger partial charge in [-0.2, -0.15) is 5.10 Å². The number of nitrogens with one attached hydrogen (secondary N) is 1. The Balaban J connectivity index is 1.66. The van der Waals surface area contributed by atoms with Crippen molar-refractivity contribution >= 4 is 17.6 Å². The van der Waals surface area contributed by atoms with Crippen molar-refractivity contribution in [1.82, 2.24) is 25.2 Å². The lowest BCUT2D eigenvalue weighted by Gasteiger charge is -2.35. The van der Waals surface area contributed by atoms with E-state index >= 15 is 0 Å². The summed E-state index contributed by atoms with van der Waals surface area (Å²) in [5.41, 5.74) is 1.82. The van der Waals surface area contributed by atoms with Gasteiger partial charge in [-0.15, -0.1) is 0 Å². The Morgan fingerprint density at radius 3 is 2.72 bits per heavy atom. The number of nitrogens with zero attached hydrogens (tertiary/aromatic N) is 6. The number of guanidine groups is 1. The van der Waals surface area contributed by atoms with Gasteiger partial charge >= 0.3 is 0 Å². The Morgan fingerprint density at radius 1 is 1.31 bits per heavy atom. The molecule has 1 amide bonds. The van der Waals surface area contributed by atoms with Crippen LogP contribution in [0.4, 0.5) is 5.69 Å². The molecule has 0 unspecified atom stereocenters. The van der Waals surface area contributed by atoms with Gasteiger partial charge in [0.05, 0.1) is 17.6 Å². The molecule has 2 aromatic rings. The number of carbonyl (C=O) groups is 1. The van der Waals surface area contributed by atoms with Crippen molar-refractivity contribution in [2.45, 2.75) is 46.1 Å². The maximum Gasteiger partial charge on any atom is 0.246 e. The average Bonchev–Trinajstić information content (AvgIpc) is 3.35. The van der Waals surface area contributed by atoms with Crippen LogP contribution in [-0.2, 0) is 18.4 Å². The number of carbonyl (C=O) groups excluding carboxylic acids is 1. The van der Waals surface area contributed by atoms with Crippen molar-refractivity contribution in [3.63, 3.8) is 0 Å². The van der Waals surface area contributed by atoms with E-state index in [1.165, 1.54) is 0 Å². The molecule has 1 N–H and O–H groups in total. The van der Waals surface area contributed by atoms with E-state index in [1.807, 2.05) is 31.1 Å². The molecule has 3 heterocycles. The van der Waals surface area contributed by atoms with E-state index in [0.717, 1.165) is 36.5 Å². The molecule has 0 spiro atoms. The third-order valence-electron chi connectivity index (χ3n) is 5.22. The lowest BCUT2D eigenvalue weighted by atomic mass is 9.99. The number of aliphatic imine (C=N–C) groups is 1. The molecule has 0 radical (unpaired) electrons. The Morgan fingerprint density at radius 2 is 2.10 bits per heavy atom. The molecule has 0 bridgehead atoms. The fourth-order valence-corrected chi connectivity index (χ4v) is 3.56. The molecule has 2 aromatic heterocycles. The van der Waals surface area contributed by atoms with Crippen LogP contribution >= 0.6 is 0 Å². The molecule has 9 nitrogen and oxygen atoms in total. The van der Waals surface area contributed by atoms with Gasteiger partial charge in [-0.05, 0) is 19.8 Å². The van der Waals surface area contributed by atoms with Crippen LogP contribution in [0.25, 0.3) is 0 Å². The standard InChI is InChI=1S/C20H31N7O2/c1-5-15(6-2)18-10-17(29-24-18)12-22-20(21-7-3)26-8-9-27(19(28)14-26)16-11-23-25(4)13-16/h10-11,13,15H,5-9,12,14H2,1-4H3,(H,21,22). The van der Waals surface area contributed by atoms with Crippen LogP contribution in [0.3, 0.4) is 0 Å². The summed E-state index contributed by atoms with van der Waals surface area (Å²) in [6.45, 7) is 9.02. The van der Waals surface area contributed by atoms with Gasteiger partial charge in [0, 0.05) is 44.9 Å². The van der Waals surface area contributed by atoms with Crippen LogP contribution < -0.4 is 10.2 Å². The third-order valence-corrected chi connectivity index (χ3v) is 5.22. The van der Waals surface area contributed by atoms with Gasteiger partial charge in [0.1, 0.15) is 13.1 Å². The molecule has 158 valence electrons. The van der Waals surface area contributed by atoms with E-state index in [1.54, 1.807) is 15.8 Å². The van der Waals surface area contributed by atoms with Crippen LogP contribution in [0.15, 0.2) is 28.0 Å². The van der Waals surface area contributed by atoms with Gasteiger partial charge in [0.25, 0.3) is 0 Å².